The first-order chi connectivity index (χ1) is 10.1. The predicted octanol–water partition coefficient (Wildman–Crippen LogP) is 1.30. The third kappa shape index (κ3) is 2.82. The van der Waals surface area contributed by atoms with Crippen LogP contribution in [0.5, 0.6) is 5.88 Å². The number of aliphatic hydroxyl groups excluding tert-OH is 1. The average Bonchev–Trinajstić information content (AvgIpc) is 3.08. The molecule has 0 aliphatic heterocycles. The van der Waals surface area contributed by atoms with E-state index in [-0.39, 0.29) is 18.5 Å². The topological polar surface area (TPSA) is 99.1 Å². The van der Waals surface area contributed by atoms with Crippen molar-refractivity contribution < 1.29 is 9.84 Å². The summed E-state index contributed by atoms with van der Waals surface area (Å²) in [6, 6.07) is 0. The van der Waals surface area contributed by atoms with Crippen molar-refractivity contribution in [2.45, 2.75) is 20.3 Å². The van der Waals surface area contributed by atoms with Gasteiger partial charge in [-0.1, -0.05) is 13.8 Å². The third-order valence-electron chi connectivity index (χ3n) is 3.33. The lowest BCUT2D eigenvalue weighted by Gasteiger charge is -2.08. The number of anilines is 1. The first-order valence-corrected chi connectivity index (χ1v) is 7.02. The number of ether oxygens (including phenoxy) is 1. The maximum Gasteiger partial charge on any atom is 0.247 e. The second-order valence-electron chi connectivity index (χ2n) is 5.70. The number of rotatable bonds is 5. The quantitative estimate of drug-likeness (QED) is 0.860. The molecular weight excluding hydrogens is 270 g/mol. The van der Waals surface area contributed by atoms with E-state index in [1.165, 1.54) is 5.57 Å². The van der Waals surface area contributed by atoms with Gasteiger partial charge in [-0.05, 0) is 17.9 Å². The van der Waals surface area contributed by atoms with Crippen LogP contribution in [0.15, 0.2) is 11.9 Å². The molecule has 0 spiro atoms. The van der Waals surface area contributed by atoms with Crippen molar-refractivity contribution in [3.05, 3.63) is 11.9 Å². The van der Waals surface area contributed by atoms with Crippen molar-refractivity contribution >= 4 is 23.3 Å². The molecule has 0 bridgehead atoms. The van der Waals surface area contributed by atoms with Crippen LogP contribution in [0.2, 0.25) is 0 Å². The second-order valence-corrected chi connectivity index (χ2v) is 5.70. The lowest BCUT2D eigenvalue weighted by Crippen LogP contribution is -2.08. The van der Waals surface area contributed by atoms with Gasteiger partial charge in [-0.15, -0.1) is 0 Å². The van der Waals surface area contributed by atoms with E-state index in [4.69, 9.17) is 15.6 Å². The Hall–Kier alpha value is -2.15. The Bertz CT molecular complexity index is 692. The molecule has 0 radical (unpaired) electrons. The Morgan fingerprint density at radius 1 is 1.52 bits per heavy atom. The van der Waals surface area contributed by atoms with Gasteiger partial charge in [0.25, 0.3) is 0 Å². The van der Waals surface area contributed by atoms with Crippen LogP contribution < -0.4 is 10.5 Å². The van der Waals surface area contributed by atoms with Gasteiger partial charge in [0.1, 0.15) is 6.33 Å². The molecule has 0 unspecified atom stereocenters. The molecule has 21 heavy (non-hydrogen) atoms. The molecule has 1 atom stereocenters. The maximum atomic E-state index is 9.10. The molecule has 0 aromatic carbocycles. The number of nitrogens with two attached hydrogens (primary N) is 1. The van der Waals surface area contributed by atoms with Crippen molar-refractivity contribution in [3.8, 4) is 5.88 Å². The zero-order chi connectivity index (χ0) is 15.0. The standard InChI is InChI=1S/C14H19N5O2/c1-8(2)6-21-13-11-12(17-14(15)18-13)19(7-16-11)4-9-3-10(9)5-20/h4,7-8,10,20H,3,5-6H2,1-2H3,(H2,15,17,18)/b9-4-/t10-/m1/s1. The molecular formula is C14H19N5O2. The molecule has 3 rings (SSSR count). The average molecular weight is 289 g/mol. The molecule has 1 saturated carbocycles. The van der Waals surface area contributed by atoms with Crippen LogP contribution in [-0.4, -0.2) is 37.8 Å². The molecule has 7 heteroatoms. The van der Waals surface area contributed by atoms with Gasteiger partial charge in [0.05, 0.1) is 6.61 Å². The van der Waals surface area contributed by atoms with Crippen molar-refractivity contribution in [3.63, 3.8) is 0 Å². The molecule has 0 amide bonds. The highest BCUT2D eigenvalue weighted by molar-refractivity contribution is 5.79. The van der Waals surface area contributed by atoms with E-state index < -0.39 is 0 Å². The van der Waals surface area contributed by atoms with Crippen LogP contribution in [0.25, 0.3) is 17.4 Å². The van der Waals surface area contributed by atoms with Gasteiger partial charge in [0, 0.05) is 18.7 Å². The van der Waals surface area contributed by atoms with Crippen LogP contribution in [-0.2, 0) is 0 Å². The summed E-state index contributed by atoms with van der Waals surface area (Å²) in [5.74, 6) is 1.23. The van der Waals surface area contributed by atoms with E-state index >= 15 is 0 Å². The summed E-state index contributed by atoms with van der Waals surface area (Å²) in [7, 11) is 0. The van der Waals surface area contributed by atoms with E-state index in [0.29, 0.717) is 29.6 Å². The highest BCUT2D eigenvalue weighted by Gasteiger charge is 2.29. The van der Waals surface area contributed by atoms with Crippen LogP contribution in [0.4, 0.5) is 5.95 Å². The normalized spacial score (nSPS) is 19.6. The lowest BCUT2D eigenvalue weighted by atomic mass is 10.2. The molecule has 7 nitrogen and oxygen atoms in total. The van der Waals surface area contributed by atoms with E-state index in [1.807, 2.05) is 6.20 Å². The smallest absolute Gasteiger partial charge is 0.247 e. The van der Waals surface area contributed by atoms with Crippen LogP contribution in [0.3, 0.4) is 0 Å². The SMILES string of the molecule is CC(C)COc1nc(N)nc2c1ncn2/C=C1/C[C@@H]1CO. The third-order valence-corrected chi connectivity index (χ3v) is 3.33. The Kier molecular flexibility index (Phi) is 3.50. The Labute approximate surface area is 122 Å². The van der Waals surface area contributed by atoms with Crippen molar-refractivity contribution in [1.82, 2.24) is 19.5 Å². The highest BCUT2D eigenvalue weighted by Crippen LogP contribution is 2.38. The van der Waals surface area contributed by atoms with E-state index in [0.717, 1.165) is 6.42 Å². The Balaban J connectivity index is 1.96. The van der Waals surface area contributed by atoms with Crippen LogP contribution in [0, 0.1) is 11.8 Å². The number of fused-ring (bicyclic) bond motifs is 1. The summed E-state index contributed by atoms with van der Waals surface area (Å²) < 4.78 is 7.48. The van der Waals surface area contributed by atoms with Gasteiger partial charge in [-0.2, -0.15) is 9.97 Å². The number of nitrogen functional groups attached to an aromatic ring is 1. The monoisotopic (exact) mass is 289 g/mol. The first kappa shape index (κ1) is 13.8. The molecule has 0 saturated heterocycles. The number of aliphatic hydroxyl groups is 1. The summed E-state index contributed by atoms with van der Waals surface area (Å²) in [5, 5.41) is 9.10. The Morgan fingerprint density at radius 3 is 3.00 bits per heavy atom. The minimum absolute atomic E-state index is 0.163. The minimum Gasteiger partial charge on any atom is -0.476 e. The number of imidazole rings is 1. The highest BCUT2D eigenvalue weighted by atomic mass is 16.5. The Morgan fingerprint density at radius 2 is 2.33 bits per heavy atom. The van der Waals surface area contributed by atoms with Gasteiger partial charge < -0.3 is 15.6 Å². The fraction of sp³-hybridized carbons (Fsp3) is 0.500. The van der Waals surface area contributed by atoms with E-state index in [2.05, 4.69) is 28.8 Å². The fourth-order valence-electron chi connectivity index (χ4n) is 2.09. The minimum atomic E-state index is 0.163. The van der Waals surface area contributed by atoms with E-state index in [9.17, 15) is 0 Å². The molecule has 1 fully saturated rings. The zero-order valence-electron chi connectivity index (χ0n) is 12.2. The van der Waals surface area contributed by atoms with Gasteiger partial charge in [0.2, 0.25) is 11.8 Å². The number of hydrogen-bond donors (Lipinski definition) is 2. The number of nitrogens with zero attached hydrogens (tertiary/aromatic N) is 4. The van der Waals surface area contributed by atoms with E-state index in [1.54, 1.807) is 10.9 Å². The molecule has 112 valence electrons. The molecule has 1 aliphatic carbocycles. The molecule has 2 aromatic rings. The predicted molar refractivity (Wildman–Crippen MR) is 79.5 cm³/mol. The summed E-state index contributed by atoms with van der Waals surface area (Å²) >= 11 is 0. The van der Waals surface area contributed by atoms with Crippen LogP contribution in [0.1, 0.15) is 20.3 Å². The van der Waals surface area contributed by atoms with Gasteiger partial charge in [0.15, 0.2) is 11.2 Å². The van der Waals surface area contributed by atoms with Crippen molar-refractivity contribution in [2.24, 2.45) is 11.8 Å². The number of hydrogen-bond acceptors (Lipinski definition) is 6. The largest absolute Gasteiger partial charge is 0.476 e. The van der Waals surface area contributed by atoms with Crippen molar-refractivity contribution in [2.75, 3.05) is 18.9 Å². The maximum absolute atomic E-state index is 9.10. The van der Waals surface area contributed by atoms with Gasteiger partial charge >= 0.3 is 0 Å². The van der Waals surface area contributed by atoms with Crippen LogP contribution >= 0.6 is 0 Å². The van der Waals surface area contributed by atoms with Gasteiger partial charge in [-0.3, -0.25) is 4.57 Å². The number of aromatic nitrogens is 4. The molecule has 2 aromatic heterocycles. The molecule has 1 aliphatic rings. The van der Waals surface area contributed by atoms with Gasteiger partial charge in [-0.25, -0.2) is 4.98 Å². The first-order valence-electron chi connectivity index (χ1n) is 7.02. The van der Waals surface area contributed by atoms with Crippen molar-refractivity contribution in [1.29, 1.82) is 0 Å². The summed E-state index contributed by atoms with van der Waals surface area (Å²) in [4.78, 5) is 12.7. The zero-order valence-corrected chi connectivity index (χ0v) is 12.2. The fourth-order valence-corrected chi connectivity index (χ4v) is 2.09. The second kappa shape index (κ2) is 5.33. The molecule has 2 heterocycles. The summed E-state index contributed by atoms with van der Waals surface area (Å²) in [6.07, 6.45) is 4.52. The summed E-state index contributed by atoms with van der Waals surface area (Å²) in [5.41, 5.74) is 8.16. The summed E-state index contributed by atoms with van der Waals surface area (Å²) in [6.45, 7) is 4.85. The molecule has 3 N–H and O–H groups in total. The lowest BCUT2D eigenvalue weighted by molar-refractivity contribution is 0.264.